The van der Waals surface area contributed by atoms with Gasteiger partial charge in [0.05, 0.1) is 11.0 Å². The van der Waals surface area contributed by atoms with Crippen molar-refractivity contribution >= 4 is 17.2 Å². The summed E-state index contributed by atoms with van der Waals surface area (Å²) < 4.78 is 0. The van der Waals surface area contributed by atoms with Gasteiger partial charge in [-0.2, -0.15) is 0 Å². The minimum absolute atomic E-state index is 0.157. The number of benzene rings is 1. The standard InChI is InChI=1S/C19H23NO2S/c1-2-14-10-13-23-18(14)19(22)20-11-8-16(9-12-20)17(21)15-6-4-3-5-7-15/h3-7,10,13,16-17,21H,2,8-9,11-12H2,1H3. The number of aliphatic hydroxyl groups excluding tert-OH is 1. The average Bonchev–Trinajstić information content (AvgIpc) is 3.10. The number of piperidine rings is 1. The first-order chi connectivity index (χ1) is 11.2. The van der Waals surface area contributed by atoms with Gasteiger partial charge in [-0.25, -0.2) is 0 Å². The van der Waals surface area contributed by atoms with Crippen LogP contribution in [0.1, 0.15) is 46.7 Å². The summed E-state index contributed by atoms with van der Waals surface area (Å²) in [5.74, 6) is 0.389. The molecule has 2 heterocycles. The van der Waals surface area contributed by atoms with E-state index in [2.05, 4.69) is 6.92 Å². The molecule has 4 heteroatoms. The molecule has 1 unspecified atom stereocenters. The number of carbonyl (C=O) groups excluding carboxylic acids is 1. The second-order valence-electron chi connectivity index (χ2n) is 6.11. The number of amides is 1. The van der Waals surface area contributed by atoms with Crippen molar-refractivity contribution < 1.29 is 9.90 Å². The van der Waals surface area contributed by atoms with Gasteiger partial charge < -0.3 is 10.0 Å². The van der Waals surface area contributed by atoms with Gasteiger partial charge in [0.15, 0.2) is 0 Å². The number of hydrogen-bond acceptors (Lipinski definition) is 3. The molecule has 1 aliphatic heterocycles. The summed E-state index contributed by atoms with van der Waals surface area (Å²) in [5.41, 5.74) is 2.12. The molecule has 23 heavy (non-hydrogen) atoms. The van der Waals surface area contributed by atoms with Crippen molar-refractivity contribution in [2.24, 2.45) is 5.92 Å². The van der Waals surface area contributed by atoms with Gasteiger partial charge in [-0.1, -0.05) is 37.3 Å². The molecule has 3 nitrogen and oxygen atoms in total. The molecule has 1 aliphatic rings. The minimum Gasteiger partial charge on any atom is -0.388 e. The number of rotatable bonds is 4. The lowest BCUT2D eigenvalue weighted by atomic mass is 9.87. The van der Waals surface area contributed by atoms with Crippen LogP contribution >= 0.6 is 11.3 Å². The van der Waals surface area contributed by atoms with Gasteiger partial charge in [-0.05, 0) is 47.8 Å². The molecule has 0 aliphatic carbocycles. The zero-order valence-corrected chi connectivity index (χ0v) is 14.3. The molecule has 1 amide bonds. The van der Waals surface area contributed by atoms with E-state index in [9.17, 15) is 9.90 Å². The second-order valence-corrected chi connectivity index (χ2v) is 7.03. The number of hydrogen-bond donors (Lipinski definition) is 1. The molecule has 1 aromatic carbocycles. The number of carbonyl (C=O) groups is 1. The Morgan fingerprint density at radius 2 is 1.96 bits per heavy atom. The highest BCUT2D eigenvalue weighted by Gasteiger charge is 2.29. The lowest BCUT2D eigenvalue weighted by Crippen LogP contribution is -2.39. The molecular formula is C19H23NO2S. The summed E-state index contributed by atoms with van der Waals surface area (Å²) in [6.07, 6.45) is 2.18. The number of thiophene rings is 1. The van der Waals surface area contributed by atoms with Gasteiger partial charge in [0, 0.05) is 13.1 Å². The molecule has 0 saturated carbocycles. The predicted octanol–water partition coefficient (Wildman–Crippen LogP) is 3.90. The van der Waals surface area contributed by atoms with E-state index in [1.165, 1.54) is 11.3 Å². The van der Waals surface area contributed by atoms with Crippen LogP contribution in [0.15, 0.2) is 41.8 Å². The third-order valence-corrected chi connectivity index (χ3v) is 5.68. The molecule has 1 fully saturated rings. The molecule has 0 spiro atoms. The van der Waals surface area contributed by atoms with E-state index in [0.29, 0.717) is 0 Å². The van der Waals surface area contributed by atoms with Crippen LogP contribution in [0.5, 0.6) is 0 Å². The van der Waals surface area contributed by atoms with Crippen molar-refractivity contribution in [1.82, 2.24) is 4.90 Å². The highest BCUT2D eigenvalue weighted by Crippen LogP contribution is 2.31. The fourth-order valence-corrected chi connectivity index (χ4v) is 4.25. The third kappa shape index (κ3) is 3.48. The first-order valence-corrected chi connectivity index (χ1v) is 9.17. The van der Waals surface area contributed by atoms with E-state index in [1.807, 2.05) is 46.7 Å². The van der Waals surface area contributed by atoms with Gasteiger partial charge in [-0.3, -0.25) is 4.79 Å². The van der Waals surface area contributed by atoms with Crippen LogP contribution in [0, 0.1) is 5.92 Å². The monoisotopic (exact) mass is 329 g/mol. The van der Waals surface area contributed by atoms with Gasteiger partial charge >= 0.3 is 0 Å². The largest absolute Gasteiger partial charge is 0.388 e. The number of aliphatic hydroxyl groups is 1. The maximum Gasteiger partial charge on any atom is 0.264 e. The summed E-state index contributed by atoms with van der Waals surface area (Å²) in [4.78, 5) is 15.5. The van der Waals surface area contributed by atoms with E-state index < -0.39 is 6.10 Å². The van der Waals surface area contributed by atoms with Crippen molar-refractivity contribution in [3.05, 3.63) is 57.8 Å². The Morgan fingerprint density at radius 1 is 1.26 bits per heavy atom. The Bertz CT molecular complexity index is 644. The summed E-state index contributed by atoms with van der Waals surface area (Å²) in [6.45, 7) is 3.55. The highest BCUT2D eigenvalue weighted by molar-refractivity contribution is 7.12. The average molecular weight is 329 g/mol. The zero-order chi connectivity index (χ0) is 16.2. The van der Waals surface area contributed by atoms with Crippen LogP contribution in [0.25, 0.3) is 0 Å². The molecule has 0 radical (unpaired) electrons. The van der Waals surface area contributed by atoms with Crippen LogP contribution in [0.3, 0.4) is 0 Å². The lowest BCUT2D eigenvalue weighted by Gasteiger charge is -2.34. The highest BCUT2D eigenvalue weighted by atomic mass is 32.1. The molecule has 2 aromatic rings. The second kappa shape index (κ2) is 7.28. The fraction of sp³-hybridized carbons (Fsp3) is 0.421. The molecule has 122 valence electrons. The maximum atomic E-state index is 12.7. The Hall–Kier alpha value is -1.65. The van der Waals surface area contributed by atoms with Crippen LogP contribution in [-0.2, 0) is 6.42 Å². The summed E-state index contributed by atoms with van der Waals surface area (Å²) in [7, 11) is 0. The van der Waals surface area contributed by atoms with Crippen molar-refractivity contribution in [1.29, 1.82) is 0 Å². The van der Waals surface area contributed by atoms with Crippen molar-refractivity contribution in [3.63, 3.8) is 0 Å². The van der Waals surface area contributed by atoms with Crippen LogP contribution in [0.2, 0.25) is 0 Å². The smallest absolute Gasteiger partial charge is 0.264 e. The van der Waals surface area contributed by atoms with E-state index in [0.717, 1.165) is 48.4 Å². The van der Waals surface area contributed by atoms with E-state index in [1.54, 1.807) is 0 Å². The van der Waals surface area contributed by atoms with Crippen LogP contribution in [-0.4, -0.2) is 29.0 Å². The summed E-state index contributed by atoms with van der Waals surface area (Å²) >= 11 is 1.54. The Labute approximate surface area is 141 Å². The van der Waals surface area contributed by atoms with Crippen molar-refractivity contribution in [2.75, 3.05) is 13.1 Å². The van der Waals surface area contributed by atoms with E-state index in [4.69, 9.17) is 0 Å². The lowest BCUT2D eigenvalue weighted by molar-refractivity contribution is 0.0465. The summed E-state index contributed by atoms with van der Waals surface area (Å²) in [6, 6.07) is 11.9. The number of aryl methyl sites for hydroxylation is 1. The quantitative estimate of drug-likeness (QED) is 0.924. The van der Waals surface area contributed by atoms with Gasteiger partial charge in [0.1, 0.15) is 0 Å². The Morgan fingerprint density at radius 3 is 2.61 bits per heavy atom. The Kier molecular flexibility index (Phi) is 5.13. The van der Waals surface area contributed by atoms with Gasteiger partial charge in [0.25, 0.3) is 5.91 Å². The minimum atomic E-state index is -0.429. The van der Waals surface area contributed by atoms with Gasteiger partial charge in [-0.15, -0.1) is 11.3 Å². The third-order valence-electron chi connectivity index (χ3n) is 4.74. The summed E-state index contributed by atoms with van der Waals surface area (Å²) in [5, 5.41) is 12.5. The Balaban J connectivity index is 1.61. The van der Waals surface area contributed by atoms with Gasteiger partial charge in [0.2, 0.25) is 0 Å². The molecule has 1 atom stereocenters. The zero-order valence-electron chi connectivity index (χ0n) is 13.4. The molecular weight excluding hydrogens is 306 g/mol. The van der Waals surface area contributed by atoms with Crippen LogP contribution < -0.4 is 0 Å². The first kappa shape index (κ1) is 16.2. The van der Waals surface area contributed by atoms with Crippen molar-refractivity contribution in [3.8, 4) is 0 Å². The van der Waals surface area contributed by atoms with E-state index >= 15 is 0 Å². The van der Waals surface area contributed by atoms with E-state index in [-0.39, 0.29) is 11.8 Å². The molecule has 1 N–H and O–H groups in total. The molecule has 1 aromatic heterocycles. The maximum absolute atomic E-state index is 12.7. The molecule has 0 bridgehead atoms. The SMILES string of the molecule is CCc1ccsc1C(=O)N1CCC(C(O)c2ccccc2)CC1. The topological polar surface area (TPSA) is 40.5 Å². The first-order valence-electron chi connectivity index (χ1n) is 8.29. The predicted molar refractivity (Wildman–Crippen MR) is 93.7 cm³/mol. The number of likely N-dealkylation sites (tertiary alicyclic amines) is 1. The normalized spacial score (nSPS) is 17.2. The number of nitrogens with zero attached hydrogens (tertiary/aromatic N) is 1. The fourth-order valence-electron chi connectivity index (χ4n) is 3.29. The molecule has 1 saturated heterocycles. The molecule has 3 rings (SSSR count). The van der Waals surface area contributed by atoms with Crippen LogP contribution in [0.4, 0.5) is 0 Å². The van der Waals surface area contributed by atoms with Crippen molar-refractivity contribution in [2.45, 2.75) is 32.3 Å².